The quantitative estimate of drug-likeness (QED) is 0.642. The molecule has 0 aliphatic heterocycles. The van der Waals surface area contributed by atoms with Gasteiger partial charge in [0.1, 0.15) is 18.0 Å². The SMILES string of the molecule is CC(C)(C)OC(=O)Nc1ccc(OCCNCCCN)cc1. The van der Waals surface area contributed by atoms with Crippen LogP contribution in [0.2, 0.25) is 0 Å². The van der Waals surface area contributed by atoms with E-state index in [0.717, 1.165) is 25.3 Å². The Bertz CT molecular complexity index is 441. The molecule has 0 saturated carbocycles. The average molecular weight is 309 g/mol. The molecule has 0 aromatic heterocycles. The van der Waals surface area contributed by atoms with Crippen molar-refractivity contribution in [2.45, 2.75) is 32.8 Å². The summed E-state index contributed by atoms with van der Waals surface area (Å²) in [6, 6.07) is 7.18. The van der Waals surface area contributed by atoms with E-state index in [-0.39, 0.29) is 0 Å². The van der Waals surface area contributed by atoms with Crippen LogP contribution in [0.25, 0.3) is 0 Å². The van der Waals surface area contributed by atoms with Gasteiger partial charge in [0.25, 0.3) is 0 Å². The number of anilines is 1. The number of nitrogens with one attached hydrogen (secondary N) is 2. The Labute approximate surface area is 132 Å². The molecule has 0 aliphatic rings. The van der Waals surface area contributed by atoms with E-state index in [1.165, 1.54) is 0 Å². The Hall–Kier alpha value is -1.79. The maximum absolute atomic E-state index is 11.6. The summed E-state index contributed by atoms with van der Waals surface area (Å²) in [5.74, 6) is 0.760. The van der Waals surface area contributed by atoms with Gasteiger partial charge in [-0.3, -0.25) is 5.32 Å². The highest BCUT2D eigenvalue weighted by molar-refractivity contribution is 5.84. The van der Waals surface area contributed by atoms with Crippen molar-refractivity contribution >= 4 is 11.8 Å². The molecule has 0 heterocycles. The minimum Gasteiger partial charge on any atom is -0.492 e. The molecule has 0 atom stereocenters. The van der Waals surface area contributed by atoms with E-state index in [2.05, 4.69) is 10.6 Å². The number of ether oxygens (including phenoxy) is 2. The molecular formula is C16H27N3O3. The van der Waals surface area contributed by atoms with Crippen LogP contribution in [0.15, 0.2) is 24.3 Å². The smallest absolute Gasteiger partial charge is 0.412 e. The van der Waals surface area contributed by atoms with Gasteiger partial charge in [-0.2, -0.15) is 0 Å². The van der Waals surface area contributed by atoms with Crippen molar-refractivity contribution in [3.05, 3.63) is 24.3 Å². The van der Waals surface area contributed by atoms with Crippen LogP contribution >= 0.6 is 0 Å². The summed E-state index contributed by atoms with van der Waals surface area (Å²) < 4.78 is 10.8. The second-order valence-corrected chi connectivity index (χ2v) is 5.89. The molecule has 1 aromatic carbocycles. The molecule has 1 amide bonds. The van der Waals surface area contributed by atoms with Gasteiger partial charge in [0, 0.05) is 12.2 Å². The van der Waals surface area contributed by atoms with Crippen molar-refractivity contribution in [1.82, 2.24) is 5.32 Å². The summed E-state index contributed by atoms with van der Waals surface area (Å²) in [6.07, 6.45) is 0.496. The highest BCUT2D eigenvalue weighted by Crippen LogP contribution is 2.16. The molecule has 6 heteroatoms. The van der Waals surface area contributed by atoms with Crippen LogP contribution in [0, 0.1) is 0 Å². The van der Waals surface area contributed by atoms with Gasteiger partial charge in [-0.25, -0.2) is 4.79 Å². The van der Waals surface area contributed by atoms with Gasteiger partial charge in [0.2, 0.25) is 0 Å². The summed E-state index contributed by atoms with van der Waals surface area (Å²) >= 11 is 0. The highest BCUT2D eigenvalue weighted by atomic mass is 16.6. The second-order valence-electron chi connectivity index (χ2n) is 5.89. The van der Waals surface area contributed by atoms with Crippen molar-refractivity contribution in [2.24, 2.45) is 5.73 Å². The molecule has 22 heavy (non-hydrogen) atoms. The Morgan fingerprint density at radius 3 is 2.45 bits per heavy atom. The zero-order valence-corrected chi connectivity index (χ0v) is 13.6. The third-order valence-electron chi connectivity index (χ3n) is 2.60. The van der Waals surface area contributed by atoms with Gasteiger partial charge in [0.05, 0.1) is 0 Å². The third-order valence-corrected chi connectivity index (χ3v) is 2.60. The number of nitrogens with two attached hydrogens (primary N) is 1. The van der Waals surface area contributed by atoms with E-state index in [4.69, 9.17) is 15.2 Å². The Kier molecular flexibility index (Phi) is 7.70. The van der Waals surface area contributed by atoms with Gasteiger partial charge >= 0.3 is 6.09 Å². The third kappa shape index (κ3) is 8.49. The lowest BCUT2D eigenvalue weighted by atomic mass is 10.2. The number of hydrogen-bond donors (Lipinski definition) is 3. The molecule has 0 unspecified atom stereocenters. The maximum Gasteiger partial charge on any atom is 0.412 e. The molecule has 1 aromatic rings. The molecular weight excluding hydrogens is 282 g/mol. The number of carbonyl (C=O) groups excluding carboxylic acids is 1. The molecule has 0 saturated heterocycles. The van der Waals surface area contributed by atoms with Gasteiger partial charge < -0.3 is 20.5 Å². The fourth-order valence-corrected chi connectivity index (χ4v) is 1.65. The zero-order valence-electron chi connectivity index (χ0n) is 13.6. The summed E-state index contributed by atoms with van der Waals surface area (Å²) in [5.41, 5.74) is 5.57. The van der Waals surface area contributed by atoms with Crippen LogP contribution < -0.4 is 21.1 Å². The minimum absolute atomic E-state index is 0.467. The molecule has 0 spiro atoms. The lowest BCUT2D eigenvalue weighted by Crippen LogP contribution is -2.27. The zero-order chi connectivity index (χ0) is 16.4. The fourth-order valence-electron chi connectivity index (χ4n) is 1.65. The predicted molar refractivity (Wildman–Crippen MR) is 88.3 cm³/mol. The van der Waals surface area contributed by atoms with Crippen molar-refractivity contribution in [1.29, 1.82) is 0 Å². The molecule has 124 valence electrons. The second kappa shape index (κ2) is 9.27. The Balaban J connectivity index is 2.29. The topological polar surface area (TPSA) is 85.6 Å². The van der Waals surface area contributed by atoms with Gasteiger partial charge in [0.15, 0.2) is 0 Å². The number of amides is 1. The first-order valence-corrected chi connectivity index (χ1v) is 7.54. The Morgan fingerprint density at radius 2 is 1.86 bits per heavy atom. The summed E-state index contributed by atoms with van der Waals surface area (Å²) in [6.45, 7) is 8.43. The first kappa shape index (κ1) is 18.3. The number of rotatable bonds is 8. The summed E-state index contributed by atoms with van der Waals surface area (Å²) in [4.78, 5) is 11.6. The monoisotopic (exact) mass is 309 g/mol. The van der Waals surface area contributed by atoms with E-state index in [9.17, 15) is 4.79 Å². The minimum atomic E-state index is -0.510. The molecule has 0 fully saturated rings. The molecule has 0 radical (unpaired) electrons. The number of carbonyl (C=O) groups is 1. The van der Waals surface area contributed by atoms with Crippen molar-refractivity contribution in [3.8, 4) is 5.75 Å². The van der Waals surface area contributed by atoms with E-state index in [0.29, 0.717) is 18.8 Å². The van der Waals surface area contributed by atoms with Crippen molar-refractivity contribution in [3.63, 3.8) is 0 Å². The normalized spacial score (nSPS) is 11.1. The van der Waals surface area contributed by atoms with Gasteiger partial charge in [-0.15, -0.1) is 0 Å². The lowest BCUT2D eigenvalue weighted by molar-refractivity contribution is 0.0636. The first-order valence-electron chi connectivity index (χ1n) is 7.54. The summed E-state index contributed by atoms with van der Waals surface area (Å²) in [5, 5.41) is 5.91. The van der Waals surface area contributed by atoms with Gasteiger partial charge in [-0.1, -0.05) is 0 Å². The molecule has 1 rings (SSSR count). The number of hydrogen-bond acceptors (Lipinski definition) is 5. The lowest BCUT2D eigenvalue weighted by Gasteiger charge is -2.19. The summed E-state index contributed by atoms with van der Waals surface area (Å²) in [7, 11) is 0. The molecule has 6 nitrogen and oxygen atoms in total. The van der Waals surface area contributed by atoms with Crippen LogP contribution in [0.1, 0.15) is 27.2 Å². The van der Waals surface area contributed by atoms with Crippen LogP contribution in [0.5, 0.6) is 5.75 Å². The largest absolute Gasteiger partial charge is 0.492 e. The molecule has 0 aliphatic carbocycles. The number of benzene rings is 1. The standard InChI is InChI=1S/C16H27N3O3/c1-16(2,3)22-15(20)19-13-5-7-14(8-6-13)21-12-11-18-10-4-9-17/h5-8,18H,4,9-12,17H2,1-3H3,(H,19,20). The van der Waals surface area contributed by atoms with Crippen LogP contribution in [0.3, 0.4) is 0 Å². The van der Waals surface area contributed by atoms with Crippen LogP contribution in [0.4, 0.5) is 10.5 Å². The Morgan fingerprint density at radius 1 is 1.18 bits per heavy atom. The fraction of sp³-hybridized carbons (Fsp3) is 0.562. The highest BCUT2D eigenvalue weighted by Gasteiger charge is 2.16. The van der Waals surface area contributed by atoms with Crippen molar-refractivity contribution < 1.29 is 14.3 Å². The molecule has 0 bridgehead atoms. The van der Waals surface area contributed by atoms with Crippen LogP contribution in [-0.2, 0) is 4.74 Å². The van der Waals surface area contributed by atoms with E-state index in [1.54, 1.807) is 12.1 Å². The first-order chi connectivity index (χ1) is 10.4. The average Bonchev–Trinajstić information content (AvgIpc) is 2.42. The van der Waals surface area contributed by atoms with E-state index in [1.807, 2.05) is 32.9 Å². The van der Waals surface area contributed by atoms with Gasteiger partial charge in [-0.05, 0) is 64.5 Å². The molecule has 4 N–H and O–H groups in total. The van der Waals surface area contributed by atoms with E-state index < -0.39 is 11.7 Å². The van der Waals surface area contributed by atoms with Crippen LogP contribution in [-0.4, -0.2) is 37.9 Å². The van der Waals surface area contributed by atoms with E-state index >= 15 is 0 Å². The predicted octanol–water partition coefficient (Wildman–Crippen LogP) is 2.35. The maximum atomic E-state index is 11.6. The van der Waals surface area contributed by atoms with Crippen molar-refractivity contribution in [2.75, 3.05) is 31.6 Å².